The molecule has 1 aromatic heterocycles. The molecule has 23 heavy (non-hydrogen) atoms. The molecule has 0 N–H and O–H groups in total. The van der Waals surface area contributed by atoms with Gasteiger partial charge in [0.15, 0.2) is 5.82 Å². The van der Waals surface area contributed by atoms with Crippen molar-refractivity contribution in [3.63, 3.8) is 0 Å². The number of aryl methyl sites for hydroxylation is 1. The molecule has 1 aromatic carbocycles. The molecule has 1 heterocycles. The molecule has 0 unspecified atom stereocenters. The van der Waals surface area contributed by atoms with E-state index in [1.165, 1.54) is 14.0 Å². The molecule has 2 aromatic rings. The maximum absolute atomic E-state index is 13.9. The Kier molecular flexibility index (Phi) is 6.79. The van der Waals surface area contributed by atoms with E-state index in [0.29, 0.717) is 22.4 Å². The minimum Gasteiger partial charge on any atom is -0.301 e. The summed E-state index contributed by atoms with van der Waals surface area (Å²) in [5.74, 6) is -2.59. The summed E-state index contributed by atoms with van der Waals surface area (Å²) in [5, 5.41) is 10.5. The Balaban J connectivity index is 0.00000127. The monoisotopic (exact) mass is 551 g/mol. The lowest BCUT2D eigenvalue weighted by atomic mass is 10.2. The van der Waals surface area contributed by atoms with E-state index < -0.39 is 39.2 Å². The molecule has 0 saturated heterocycles. The summed E-state index contributed by atoms with van der Waals surface area (Å²) < 4.78 is 28.9. The molecule has 2 rings (SSSR count). The van der Waals surface area contributed by atoms with Crippen molar-refractivity contribution in [2.75, 3.05) is 0 Å². The van der Waals surface area contributed by atoms with Gasteiger partial charge in [-0.2, -0.15) is 4.39 Å². The van der Waals surface area contributed by atoms with Crippen LogP contribution in [0.1, 0.15) is 5.69 Å². The molecule has 0 spiro atoms. The van der Waals surface area contributed by atoms with Gasteiger partial charge < -0.3 is 4.57 Å². The SMILES string of the molecule is Cc1cc(=O)n(-c2cc(F)c([N+](=O)[O-])cc2F)c(=O)n1C.II. The Bertz CT molecular complexity index is 880. The Morgan fingerprint density at radius 3 is 2.22 bits per heavy atom. The van der Waals surface area contributed by atoms with Crippen molar-refractivity contribution < 1.29 is 13.7 Å². The van der Waals surface area contributed by atoms with Crippen LogP contribution in [-0.2, 0) is 7.05 Å². The molecule has 124 valence electrons. The third-order valence-corrected chi connectivity index (χ3v) is 3.01. The van der Waals surface area contributed by atoms with Crippen LogP contribution in [0.5, 0.6) is 0 Å². The van der Waals surface area contributed by atoms with E-state index in [4.69, 9.17) is 0 Å². The maximum Gasteiger partial charge on any atom is 0.335 e. The van der Waals surface area contributed by atoms with Crippen molar-refractivity contribution in [1.82, 2.24) is 9.13 Å². The van der Waals surface area contributed by atoms with Gasteiger partial charge in [0.2, 0.25) is 5.82 Å². The largest absolute Gasteiger partial charge is 0.335 e. The molecule has 0 bridgehead atoms. The van der Waals surface area contributed by atoms with Crippen LogP contribution in [0.25, 0.3) is 5.69 Å². The summed E-state index contributed by atoms with van der Waals surface area (Å²) >= 11 is 4.24. The van der Waals surface area contributed by atoms with Crippen molar-refractivity contribution >= 4 is 42.9 Å². The lowest BCUT2D eigenvalue weighted by molar-refractivity contribution is -0.387. The molecule has 0 fully saturated rings. The molecule has 0 saturated carbocycles. The number of nitrogens with zero attached hydrogens (tertiary/aromatic N) is 3. The lowest BCUT2D eigenvalue weighted by Gasteiger charge is -2.10. The van der Waals surface area contributed by atoms with Gasteiger partial charge in [-0.05, 0) is 6.92 Å². The molecule has 0 aliphatic rings. The van der Waals surface area contributed by atoms with Crippen molar-refractivity contribution in [1.29, 1.82) is 0 Å². The number of nitro groups is 1. The van der Waals surface area contributed by atoms with E-state index in [1.807, 2.05) is 0 Å². The highest BCUT2D eigenvalue weighted by molar-refractivity contribution is 15.0. The number of benzene rings is 1. The molecule has 0 aliphatic heterocycles. The number of hydrogen-bond acceptors (Lipinski definition) is 4. The maximum atomic E-state index is 13.9. The van der Waals surface area contributed by atoms with Crippen LogP contribution in [0, 0.1) is 28.7 Å². The van der Waals surface area contributed by atoms with Crippen molar-refractivity contribution in [3.8, 4) is 5.69 Å². The fraction of sp³-hybridized carbons (Fsp3) is 0.167. The predicted molar refractivity (Wildman–Crippen MR) is 96.6 cm³/mol. The summed E-state index contributed by atoms with van der Waals surface area (Å²) in [5.41, 5.74) is -3.16. The van der Waals surface area contributed by atoms with Crippen LogP contribution >= 0.6 is 37.2 Å². The standard InChI is InChI=1S/C12H9F2N3O4.I2/c1-6-3-11(18)16(12(19)15(6)2)9-4-8(14)10(17(20)21)5-7(9)13;1-2/h3-5H,1-2H3;. The van der Waals surface area contributed by atoms with Crippen molar-refractivity contribution in [2.24, 2.45) is 7.05 Å². The molecule has 0 aliphatic carbocycles. The second kappa shape index (κ2) is 7.94. The van der Waals surface area contributed by atoms with Crippen LogP contribution in [0.3, 0.4) is 0 Å². The predicted octanol–water partition coefficient (Wildman–Crippen LogP) is 2.80. The topological polar surface area (TPSA) is 87.1 Å². The van der Waals surface area contributed by atoms with E-state index in [1.54, 1.807) is 0 Å². The second-order valence-electron chi connectivity index (χ2n) is 4.31. The number of aromatic nitrogens is 2. The third kappa shape index (κ3) is 3.94. The van der Waals surface area contributed by atoms with Crippen LogP contribution < -0.4 is 11.2 Å². The minimum absolute atomic E-state index is 0.330. The van der Waals surface area contributed by atoms with E-state index in [2.05, 4.69) is 37.2 Å². The van der Waals surface area contributed by atoms with Crippen molar-refractivity contribution in [2.45, 2.75) is 6.92 Å². The summed E-state index contributed by atoms with van der Waals surface area (Å²) in [6.45, 7) is 1.50. The van der Waals surface area contributed by atoms with Gasteiger partial charge in [-0.3, -0.25) is 14.9 Å². The molecule has 0 atom stereocenters. The Labute approximate surface area is 151 Å². The molecular formula is C12H9F2I2N3O4. The number of rotatable bonds is 2. The van der Waals surface area contributed by atoms with Gasteiger partial charge in [-0.25, -0.2) is 13.8 Å². The van der Waals surface area contributed by atoms with Crippen LogP contribution in [0.4, 0.5) is 14.5 Å². The highest BCUT2D eigenvalue weighted by Crippen LogP contribution is 2.22. The van der Waals surface area contributed by atoms with Crippen molar-refractivity contribution in [3.05, 3.63) is 66.5 Å². The van der Waals surface area contributed by atoms with Gasteiger partial charge in [0.1, 0.15) is 0 Å². The highest BCUT2D eigenvalue weighted by Gasteiger charge is 2.21. The number of nitro benzene ring substituents is 1. The first-order valence-electron chi connectivity index (χ1n) is 5.82. The average Bonchev–Trinajstić information content (AvgIpc) is 2.50. The zero-order valence-corrected chi connectivity index (χ0v) is 16.0. The summed E-state index contributed by atoms with van der Waals surface area (Å²) in [7, 11) is 1.35. The quantitative estimate of drug-likeness (QED) is 0.327. The fourth-order valence-electron chi connectivity index (χ4n) is 1.79. The summed E-state index contributed by atoms with van der Waals surface area (Å²) in [4.78, 5) is 33.2. The average molecular weight is 551 g/mol. The Hall–Kier alpha value is -1.38. The highest BCUT2D eigenvalue weighted by atomic mass is 128. The van der Waals surface area contributed by atoms with Gasteiger partial charge in [0, 0.05) is 62.1 Å². The van der Waals surface area contributed by atoms with Crippen LogP contribution in [-0.4, -0.2) is 14.1 Å². The molecule has 11 heteroatoms. The Morgan fingerprint density at radius 1 is 1.13 bits per heavy atom. The van der Waals surface area contributed by atoms with Crippen LogP contribution in [0.15, 0.2) is 27.8 Å². The first-order valence-corrected chi connectivity index (χ1v) is 12.1. The summed E-state index contributed by atoms with van der Waals surface area (Å²) in [6.07, 6.45) is 0. The van der Waals surface area contributed by atoms with Crippen LogP contribution in [0.2, 0.25) is 0 Å². The third-order valence-electron chi connectivity index (χ3n) is 3.01. The number of hydrogen-bond donors (Lipinski definition) is 0. The van der Waals surface area contributed by atoms with Gasteiger partial charge in [0.25, 0.3) is 5.56 Å². The van der Waals surface area contributed by atoms with E-state index in [0.717, 1.165) is 10.6 Å². The second-order valence-corrected chi connectivity index (χ2v) is 4.31. The fourth-order valence-corrected chi connectivity index (χ4v) is 1.79. The van der Waals surface area contributed by atoms with Gasteiger partial charge in [-0.1, -0.05) is 0 Å². The molecular weight excluding hydrogens is 542 g/mol. The Morgan fingerprint density at radius 2 is 1.70 bits per heavy atom. The lowest BCUT2D eigenvalue weighted by Crippen LogP contribution is -2.38. The normalized spacial score (nSPS) is 10.0. The molecule has 7 nitrogen and oxygen atoms in total. The first-order chi connectivity index (χ1) is 10.7. The summed E-state index contributed by atoms with van der Waals surface area (Å²) in [6, 6.07) is 1.85. The smallest absolute Gasteiger partial charge is 0.301 e. The van der Waals surface area contributed by atoms with Gasteiger partial charge >= 0.3 is 11.4 Å². The van der Waals surface area contributed by atoms with E-state index in [-0.39, 0.29) is 0 Å². The molecule has 0 radical (unpaired) electrons. The van der Waals surface area contributed by atoms with Gasteiger partial charge in [-0.15, -0.1) is 0 Å². The zero-order chi connectivity index (χ0) is 17.9. The van der Waals surface area contributed by atoms with E-state index >= 15 is 0 Å². The number of halogens is 4. The van der Waals surface area contributed by atoms with E-state index in [9.17, 15) is 28.5 Å². The molecule has 0 amide bonds. The van der Waals surface area contributed by atoms with Gasteiger partial charge in [0.05, 0.1) is 16.7 Å². The zero-order valence-electron chi connectivity index (χ0n) is 11.7. The minimum atomic E-state index is -1.34. The first kappa shape index (κ1) is 19.7.